The number of piperidine rings is 2. The van der Waals surface area contributed by atoms with E-state index in [1.165, 1.54) is 0 Å². The fraction of sp³-hybridized carbons (Fsp3) is 0.633. The van der Waals surface area contributed by atoms with Gasteiger partial charge in [0.15, 0.2) is 0 Å². The lowest BCUT2D eigenvalue weighted by Gasteiger charge is -2.34. The second kappa shape index (κ2) is 15.4. The second-order valence-electron chi connectivity index (χ2n) is 12.0. The summed E-state index contributed by atoms with van der Waals surface area (Å²) in [5.41, 5.74) is 0.225. The van der Waals surface area contributed by atoms with Crippen molar-refractivity contribution in [2.24, 2.45) is 11.8 Å². The number of benzene rings is 1. The van der Waals surface area contributed by atoms with Crippen LogP contribution < -0.4 is 10.6 Å². The largest absolute Gasteiger partial charge is 0.480 e. The summed E-state index contributed by atoms with van der Waals surface area (Å²) in [5.74, 6) is -1.78. The first-order valence-corrected chi connectivity index (χ1v) is 14.6. The summed E-state index contributed by atoms with van der Waals surface area (Å²) in [6, 6.07) is 7.61. The summed E-state index contributed by atoms with van der Waals surface area (Å²) in [6.45, 7) is 7.27. The number of alkyl carbamates (subject to hydrolysis) is 1. The molecule has 2 atom stereocenters. The first-order valence-electron chi connectivity index (χ1n) is 14.6. The molecule has 2 fully saturated rings. The van der Waals surface area contributed by atoms with Gasteiger partial charge in [0.2, 0.25) is 11.8 Å². The van der Waals surface area contributed by atoms with E-state index in [0.717, 1.165) is 24.8 Å². The number of ether oxygens (including phenoxy) is 2. The number of carboxylic acid groups (broad SMARTS) is 1. The molecule has 0 saturated carbocycles. The van der Waals surface area contributed by atoms with E-state index in [2.05, 4.69) is 10.6 Å². The van der Waals surface area contributed by atoms with Crippen molar-refractivity contribution in [2.75, 3.05) is 32.7 Å². The van der Waals surface area contributed by atoms with E-state index in [0.29, 0.717) is 44.8 Å². The van der Waals surface area contributed by atoms with Crippen LogP contribution in [0.5, 0.6) is 0 Å². The third kappa shape index (κ3) is 10.9. The lowest BCUT2D eigenvalue weighted by molar-refractivity contribution is -0.139. The maximum absolute atomic E-state index is 12.9. The van der Waals surface area contributed by atoms with Crippen molar-refractivity contribution >= 4 is 30.0 Å². The van der Waals surface area contributed by atoms with Gasteiger partial charge in [-0.3, -0.25) is 9.59 Å². The maximum atomic E-state index is 12.9. The van der Waals surface area contributed by atoms with Crippen molar-refractivity contribution in [3.05, 3.63) is 35.9 Å². The predicted octanol–water partition coefficient (Wildman–Crippen LogP) is 3.15. The number of hydrogen-bond donors (Lipinski definition) is 3. The summed E-state index contributed by atoms with van der Waals surface area (Å²) in [4.78, 5) is 65.2. The predicted molar refractivity (Wildman–Crippen MR) is 153 cm³/mol. The molecule has 0 aliphatic carbocycles. The zero-order chi connectivity index (χ0) is 30.7. The summed E-state index contributed by atoms with van der Waals surface area (Å²) in [5, 5.41) is 14.4. The molecule has 2 saturated heterocycles. The standard InChI is InChI=1S/C30H44N4O8/c1-30(2,3)42-29(40)33-16-13-21(14-17-33)11-12-25(35)34-15-7-10-23(19-34)26(36)31-18-24(27(37)38)32-28(39)41-20-22-8-5-4-6-9-22/h4-6,8-9,21,23-24H,7,10-20H2,1-3H3,(H,31,36)(H,32,39)(H,37,38)/t23-,24-/m1/s1. The molecular formula is C30H44N4O8. The number of nitrogens with zero attached hydrogens (tertiary/aromatic N) is 2. The molecule has 2 heterocycles. The molecule has 0 spiro atoms. The molecule has 42 heavy (non-hydrogen) atoms. The molecule has 0 radical (unpaired) electrons. The van der Waals surface area contributed by atoms with E-state index >= 15 is 0 Å². The molecule has 0 bridgehead atoms. The zero-order valence-electron chi connectivity index (χ0n) is 24.8. The van der Waals surface area contributed by atoms with Crippen LogP contribution in [0, 0.1) is 11.8 Å². The Hall–Kier alpha value is -3.83. The molecule has 12 nitrogen and oxygen atoms in total. The third-order valence-corrected chi connectivity index (χ3v) is 7.46. The monoisotopic (exact) mass is 588 g/mol. The minimum atomic E-state index is -1.36. The molecular weight excluding hydrogens is 544 g/mol. The van der Waals surface area contributed by atoms with Crippen molar-refractivity contribution in [2.45, 2.75) is 77.5 Å². The van der Waals surface area contributed by atoms with Crippen LogP contribution in [0.2, 0.25) is 0 Å². The van der Waals surface area contributed by atoms with Gasteiger partial charge in [-0.15, -0.1) is 0 Å². The average molecular weight is 589 g/mol. The van der Waals surface area contributed by atoms with Crippen molar-refractivity contribution < 1.29 is 38.6 Å². The smallest absolute Gasteiger partial charge is 0.410 e. The number of likely N-dealkylation sites (tertiary alicyclic amines) is 2. The van der Waals surface area contributed by atoms with E-state index in [4.69, 9.17) is 9.47 Å². The molecule has 3 N–H and O–H groups in total. The maximum Gasteiger partial charge on any atom is 0.410 e. The van der Waals surface area contributed by atoms with E-state index < -0.39 is 29.6 Å². The van der Waals surface area contributed by atoms with E-state index in [-0.39, 0.29) is 37.6 Å². The summed E-state index contributed by atoms with van der Waals surface area (Å²) >= 11 is 0. The highest BCUT2D eigenvalue weighted by molar-refractivity contribution is 5.83. The van der Waals surface area contributed by atoms with Crippen LogP contribution >= 0.6 is 0 Å². The first kappa shape index (κ1) is 32.7. The van der Waals surface area contributed by atoms with Crippen LogP contribution in [0.25, 0.3) is 0 Å². The van der Waals surface area contributed by atoms with Gasteiger partial charge in [0.1, 0.15) is 18.2 Å². The molecule has 12 heteroatoms. The lowest BCUT2D eigenvalue weighted by atomic mass is 9.91. The minimum Gasteiger partial charge on any atom is -0.480 e. The number of hydrogen-bond acceptors (Lipinski definition) is 7. The number of carboxylic acids is 1. The highest BCUT2D eigenvalue weighted by Gasteiger charge is 2.31. The molecule has 2 aliphatic rings. The summed E-state index contributed by atoms with van der Waals surface area (Å²) < 4.78 is 10.5. The summed E-state index contributed by atoms with van der Waals surface area (Å²) in [7, 11) is 0. The van der Waals surface area contributed by atoms with Gasteiger partial charge in [-0.05, 0) is 64.4 Å². The van der Waals surface area contributed by atoms with Crippen LogP contribution in [-0.2, 0) is 30.5 Å². The van der Waals surface area contributed by atoms with Gasteiger partial charge in [0, 0.05) is 39.1 Å². The van der Waals surface area contributed by atoms with Crippen molar-refractivity contribution in [1.29, 1.82) is 0 Å². The highest BCUT2D eigenvalue weighted by atomic mass is 16.6. The van der Waals surface area contributed by atoms with Gasteiger partial charge in [-0.2, -0.15) is 0 Å². The van der Waals surface area contributed by atoms with Gasteiger partial charge in [0.25, 0.3) is 0 Å². The highest BCUT2D eigenvalue weighted by Crippen LogP contribution is 2.25. The number of carbonyl (C=O) groups is 5. The Morgan fingerprint density at radius 2 is 1.69 bits per heavy atom. The minimum absolute atomic E-state index is 0.00619. The molecule has 1 aromatic carbocycles. The quantitative estimate of drug-likeness (QED) is 0.377. The molecule has 0 aromatic heterocycles. The third-order valence-electron chi connectivity index (χ3n) is 7.46. The fourth-order valence-corrected chi connectivity index (χ4v) is 5.09. The number of rotatable bonds is 10. The number of nitrogens with one attached hydrogen (secondary N) is 2. The molecule has 1 aromatic rings. The van der Waals surface area contributed by atoms with Crippen LogP contribution in [-0.4, -0.2) is 89.2 Å². The zero-order valence-corrected chi connectivity index (χ0v) is 24.8. The van der Waals surface area contributed by atoms with E-state index in [1.807, 2.05) is 26.8 Å². The molecule has 2 aliphatic heterocycles. The van der Waals surface area contributed by atoms with Crippen molar-refractivity contribution in [3.8, 4) is 0 Å². The Morgan fingerprint density at radius 1 is 1.00 bits per heavy atom. The Kier molecular flexibility index (Phi) is 12.0. The van der Waals surface area contributed by atoms with Crippen LogP contribution in [0.15, 0.2) is 30.3 Å². The van der Waals surface area contributed by atoms with Crippen molar-refractivity contribution in [1.82, 2.24) is 20.4 Å². The van der Waals surface area contributed by atoms with E-state index in [9.17, 15) is 29.1 Å². The number of amides is 4. The van der Waals surface area contributed by atoms with Gasteiger partial charge in [-0.25, -0.2) is 14.4 Å². The Morgan fingerprint density at radius 3 is 2.33 bits per heavy atom. The molecule has 4 amide bonds. The average Bonchev–Trinajstić information content (AvgIpc) is 2.96. The van der Waals surface area contributed by atoms with E-state index in [1.54, 1.807) is 34.1 Å². The van der Waals surface area contributed by atoms with Gasteiger partial charge in [-0.1, -0.05) is 30.3 Å². The number of aliphatic carboxylic acids is 1. The first-order chi connectivity index (χ1) is 19.9. The van der Waals surface area contributed by atoms with Gasteiger partial charge >= 0.3 is 18.2 Å². The van der Waals surface area contributed by atoms with Gasteiger partial charge in [0.05, 0.1) is 5.92 Å². The lowest BCUT2D eigenvalue weighted by Crippen LogP contribution is -2.51. The SMILES string of the molecule is CC(C)(C)OC(=O)N1CCC(CCC(=O)N2CCC[C@@H](C(=O)NC[C@@H](NC(=O)OCc3ccccc3)C(=O)O)C2)CC1. The Balaban J connectivity index is 1.37. The Bertz CT molecular complexity index is 1080. The van der Waals surface area contributed by atoms with Crippen LogP contribution in [0.3, 0.4) is 0 Å². The molecule has 0 unspecified atom stereocenters. The Labute approximate surface area is 247 Å². The fourth-order valence-electron chi connectivity index (χ4n) is 5.09. The van der Waals surface area contributed by atoms with Crippen LogP contribution in [0.4, 0.5) is 9.59 Å². The van der Waals surface area contributed by atoms with Gasteiger partial charge < -0.3 is 35.0 Å². The second-order valence-corrected chi connectivity index (χ2v) is 12.0. The molecule has 232 valence electrons. The normalized spacial score (nSPS) is 18.5. The molecule has 3 rings (SSSR count). The topological polar surface area (TPSA) is 155 Å². The number of carbonyl (C=O) groups excluding carboxylic acids is 4. The summed E-state index contributed by atoms with van der Waals surface area (Å²) in [6.07, 6.45) is 2.79. The van der Waals surface area contributed by atoms with Crippen LogP contribution in [0.1, 0.15) is 64.9 Å². The van der Waals surface area contributed by atoms with Crippen molar-refractivity contribution in [3.63, 3.8) is 0 Å².